The first-order valence-corrected chi connectivity index (χ1v) is 6.70. The predicted octanol–water partition coefficient (Wildman–Crippen LogP) is -2.28. The summed E-state index contributed by atoms with van der Waals surface area (Å²) in [5.74, 6) is -3.15. The van der Waals surface area contributed by atoms with Gasteiger partial charge < -0.3 is 20.4 Å². The highest BCUT2D eigenvalue weighted by Gasteiger charge is 2.19. The minimum atomic E-state index is -3.50. The number of carboxylic acid groups (broad SMARTS) is 2. The Balaban J connectivity index is 4.40. The van der Waals surface area contributed by atoms with Gasteiger partial charge in [0.25, 0.3) is 0 Å². The summed E-state index contributed by atoms with van der Waals surface area (Å²) in [6.45, 7) is -1.86. The molecule has 2 amide bonds. The van der Waals surface area contributed by atoms with Crippen LogP contribution < -0.4 is 10.0 Å². The Hall–Kier alpha value is -1.88. The molecule has 0 fully saturated rings. The van der Waals surface area contributed by atoms with Crippen molar-refractivity contribution in [2.75, 3.05) is 32.4 Å². The monoisotopic (exact) mass is 297 g/mol. The van der Waals surface area contributed by atoms with Crippen LogP contribution in [0.1, 0.15) is 0 Å². The number of carbonyl (C=O) groups excluding carboxylic acids is 1. The highest BCUT2D eigenvalue weighted by atomic mass is 32.2. The zero-order chi connectivity index (χ0) is 15.1. The summed E-state index contributed by atoms with van der Waals surface area (Å²) in [5.41, 5.74) is 0. The van der Waals surface area contributed by atoms with Gasteiger partial charge in [-0.25, -0.2) is 17.9 Å². The van der Waals surface area contributed by atoms with Gasteiger partial charge in [-0.1, -0.05) is 0 Å². The fourth-order valence-electron chi connectivity index (χ4n) is 1.03. The number of nitrogens with zero attached hydrogens (tertiary/aromatic N) is 1. The molecule has 0 aliphatic rings. The van der Waals surface area contributed by atoms with E-state index in [1.807, 2.05) is 4.72 Å². The Kier molecular flexibility index (Phi) is 6.79. The van der Waals surface area contributed by atoms with Gasteiger partial charge in [-0.05, 0) is 7.05 Å². The molecule has 10 nitrogen and oxygen atoms in total. The van der Waals surface area contributed by atoms with E-state index in [1.54, 1.807) is 0 Å². The molecule has 0 aliphatic heterocycles. The SMILES string of the molecule is CNS(=O)(=O)CCNC(=O)N(CC(=O)O)CC(=O)O. The van der Waals surface area contributed by atoms with Crippen LogP contribution in [0.15, 0.2) is 0 Å². The van der Waals surface area contributed by atoms with Crippen molar-refractivity contribution in [3.05, 3.63) is 0 Å². The van der Waals surface area contributed by atoms with Crippen molar-refractivity contribution >= 4 is 28.0 Å². The number of nitrogens with one attached hydrogen (secondary N) is 2. The lowest BCUT2D eigenvalue weighted by Gasteiger charge is -2.18. The summed E-state index contributed by atoms with van der Waals surface area (Å²) in [4.78, 5) is 32.9. The lowest BCUT2D eigenvalue weighted by atomic mass is 10.5. The van der Waals surface area contributed by atoms with Gasteiger partial charge in [-0.3, -0.25) is 9.59 Å². The maximum absolute atomic E-state index is 11.5. The molecule has 110 valence electrons. The van der Waals surface area contributed by atoms with E-state index in [9.17, 15) is 22.8 Å². The molecule has 0 aromatic carbocycles. The second-order valence-corrected chi connectivity index (χ2v) is 5.44. The van der Waals surface area contributed by atoms with Gasteiger partial charge in [0.1, 0.15) is 13.1 Å². The van der Waals surface area contributed by atoms with Crippen molar-refractivity contribution in [3.8, 4) is 0 Å². The molecule has 0 saturated heterocycles. The zero-order valence-corrected chi connectivity index (χ0v) is 10.9. The van der Waals surface area contributed by atoms with Crippen LogP contribution in [0.25, 0.3) is 0 Å². The summed E-state index contributed by atoms with van der Waals surface area (Å²) >= 11 is 0. The molecule has 11 heteroatoms. The summed E-state index contributed by atoms with van der Waals surface area (Å²) in [6.07, 6.45) is 0. The van der Waals surface area contributed by atoms with Gasteiger partial charge in [0.2, 0.25) is 10.0 Å². The summed E-state index contributed by atoms with van der Waals surface area (Å²) in [6, 6.07) is -0.962. The van der Waals surface area contributed by atoms with Crippen LogP contribution >= 0.6 is 0 Å². The molecule has 0 aromatic heterocycles. The number of amides is 2. The smallest absolute Gasteiger partial charge is 0.323 e. The average molecular weight is 297 g/mol. The number of carboxylic acids is 2. The highest BCUT2D eigenvalue weighted by molar-refractivity contribution is 7.89. The molecule has 0 aliphatic carbocycles. The van der Waals surface area contributed by atoms with Gasteiger partial charge >= 0.3 is 18.0 Å². The molecule has 4 N–H and O–H groups in total. The third kappa shape index (κ3) is 7.94. The van der Waals surface area contributed by atoms with Gasteiger partial charge in [0.15, 0.2) is 0 Å². The van der Waals surface area contributed by atoms with Crippen LogP contribution in [0.2, 0.25) is 0 Å². The molecule has 0 bridgehead atoms. The first kappa shape index (κ1) is 17.1. The molecule has 0 saturated carbocycles. The second kappa shape index (κ2) is 7.53. The van der Waals surface area contributed by atoms with E-state index >= 15 is 0 Å². The van der Waals surface area contributed by atoms with Crippen LogP contribution in [0.5, 0.6) is 0 Å². The van der Waals surface area contributed by atoms with Crippen molar-refractivity contribution in [2.24, 2.45) is 0 Å². The minimum Gasteiger partial charge on any atom is -0.480 e. The molecule has 19 heavy (non-hydrogen) atoms. The molecule has 0 rings (SSSR count). The number of rotatable bonds is 8. The standard InChI is InChI=1S/C8H15N3O7S/c1-9-19(17,18)3-2-10-8(16)11(4-6(12)13)5-7(14)15/h9H,2-5H2,1H3,(H,10,16)(H,12,13)(H,14,15). The molecule has 0 spiro atoms. The Morgan fingerprint density at radius 2 is 1.58 bits per heavy atom. The Morgan fingerprint density at radius 1 is 1.11 bits per heavy atom. The molecule has 0 radical (unpaired) electrons. The van der Waals surface area contributed by atoms with Gasteiger partial charge in [-0.15, -0.1) is 0 Å². The average Bonchev–Trinajstić information content (AvgIpc) is 2.26. The Labute approximate surface area is 109 Å². The van der Waals surface area contributed by atoms with Crippen LogP contribution in [0, 0.1) is 0 Å². The van der Waals surface area contributed by atoms with Crippen molar-refractivity contribution in [1.82, 2.24) is 14.9 Å². The fourth-order valence-corrected chi connectivity index (χ4v) is 1.61. The Bertz CT molecular complexity index is 431. The first-order chi connectivity index (χ1) is 8.68. The number of carbonyl (C=O) groups is 3. The summed E-state index contributed by atoms with van der Waals surface area (Å²) in [5, 5.41) is 19.2. The van der Waals surface area contributed by atoms with Crippen molar-refractivity contribution in [1.29, 1.82) is 0 Å². The minimum absolute atomic E-state index is 0.266. The molecular weight excluding hydrogens is 282 g/mol. The Morgan fingerprint density at radius 3 is 1.95 bits per heavy atom. The molecule has 0 atom stereocenters. The maximum atomic E-state index is 11.5. The fraction of sp³-hybridized carbons (Fsp3) is 0.625. The summed E-state index contributed by atoms with van der Waals surface area (Å²) < 4.78 is 24.1. The van der Waals surface area contributed by atoms with Gasteiger partial charge in [0, 0.05) is 6.54 Å². The van der Waals surface area contributed by atoms with E-state index < -0.39 is 46.8 Å². The predicted molar refractivity (Wildman–Crippen MR) is 63.1 cm³/mol. The van der Waals surface area contributed by atoms with Crippen LogP contribution in [-0.2, 0) is 19.6 Å². The third-order valence-electron chi connectivity index (χ3n) is 1.90. The van der Waals surface area contributed by atoms with Crippen molar-refractivity contribution in [3.63, 3.8) is 0 Å². The zero-order valence-electron chi connectivity index (χ0n) is 10.1. The lowest BCUT2D eigenvalue weighted by Crippen LogP contribution is -2.46. The van der Waals surface area contributed by atoms with E-state index in [0.717, 1.165) is 0 Å². The van der Waals surface area contributed by atoms with E-state index in [2.05, 4.69) is 5.32 Å². The van der Waals surface area contributed by atoms with Crippen LogP contribution in [0.4, 0.5) is 4.79 Å². The molecule has 0 unspecified atom stereocenters. The number of hydrogen-bond acceptors (Lipinski definition) is 5. The quantitative estimate of drug-likeness (QED) is 0.393. The largest absolute Gasteiger partial charge is 0.480 e. The highest BCUT2D eigenvalue weighted by Crippen LogP contribution is 1.90. The van der Waals surface area contributed by atoms with Gasteiger partial charge in [0.05, 0.1) is 5.75 Å². The normalized spacial score (nSPS) is 10.8. The van der Waals surface area contributed by atoms with Gasteiger partial charge in [-0.2, -0.15) is 0 Å². The van der Waals surface area contributed by atoms with Crippen molar-refractivity contribution in [2.45, 2.75) is 0 Å². The van der Waals surface area contributed by atoms with Crippen LogP contribution in [0.3, 0.4) is 0 Å². The summed E-state index contributed by atoms with van der Waals surface area (Å²) in [7, 11) is -2.30. The molecular formula is C8H15N3O7S. The number of aliphatic carboxylic acids is 2. The van der Waals surface area contributed by atoms with Crippen LogP contribution in [-0.4, -0.2) is 73.9 Å². The van der Waals surface area contributed by atoms with Crippen molar-refractivity contribution < 1.29 is 33.0 Å². The number of urea groups is 1. The van der Waals surface area contributed by atoms with E-state index in [1.165, 1.54) is 7.05 Å². The third-order valence-corrected chi connectivity index (χ3v) is 3.26. The first-order valence-electron chi connectivity index (χ1n) is 5.05. The topological polar surface area (TPSA) is 153 Å². The lowest BCUT2D eigenvalue weighted by molar-refractivity contribution is -0.140. The van der Waals surface area contributed by atoms with E-state index in [0.29, 0.717) is 4.90 Å². The maximum Gasteiger partial charge on any atom is 0.323 e. The molecule has 0 heterocycles. The van der Waals surface area contributed by atoms with E-state index in [-0.39, 0.29) is 6.54 Å². The second-order valence-electron chi connectivity index (χ2n) is 3.40. The molecule has 0 aromatic rings. The van der Waals surface area contributed by atoms with E-state index in [4.69, 9.17) is 10.2 Å². The number of sulfonamides is 1. The number of hydrogen-bond donors (Lipinski definition) is 4.